The van der Waals surface area contributed by atoms with E-state index in [1.807, 2.05) is 10.3 Å². The minimum absolute atomic E-state index is 0.0353. The normalized spacial score (nSPS) is 15.1. The first-order valence-electron chi connectivity index (χ1n) is 10.8. The number of hydrogen-bond donors (Lipinski definition) is 0. The van der Waals surface area contributed by atoms with E-state index in [1.54, 1.807) is 12.1 Å². The highest BCUT2D eigenvalue weighted by Crippen LogP contribution is 2.42. The van der Waals surface area contributed by atoms with E-state index in [-0.39, 0.29) is 26.2 Å². The van der Waals surface area contributed by atoms with E-state index in [0.717, 1.165) is 22.0 Å². The smallest absolute Gasteiger partial charge is 0.417 e. The lowest BCUT2D eigenvalue weighted by atomic mass is 10.1. The van der Waals surface area contributed by atoms with E-state index >= 15 is 0 Å². The zero-order valence-corrected chi connectivity index (χ0v) is 21.3. The van der Waals surface area contributed by atoms with Gasteiger partial charge in [0.05, 0.1) is 37.5 Å². The van der Waals surface area contributed by atoms with Crippen molar-refractivity contribution in [2.45, 2.75) is 11.1 Å². The van der Waals surface area contributed by atoms with Crippen LogP contribution in [-0.4, -0.2) is 65.2 Å². The topological polar surface area (TPSA) is 81.2 Å². The average Bonchev–Trinajstić information content (AvgIpc) is 3.37. The van der Waals surface area contributed by atoms with Gasteiger partial charge in [-0.05, 0) is 24.3 Å². The predicted molar refractivity (Wildman–Crippen MR) is 130 cm³/mol. The summed E-state index contributed by atoms with van der Waals surface area (Å²) < 4.78 is 83.4. The molecule has 2 heterocycles. The Hall–Kier alpha value is -3.03. The number of nitrogens with zero attached hydrogens (tertiary/aromatic N) is 3. The molecule has 36 heavy (non-hydrogen) atoms. The van der Waals surface area contributed by atoms with Crippen molar-refractivity contribution in [3.8, 4) is 28.5 Å². The van der Waals surface area contributed by atoms with Crippen molar-refractivity contribution in [2.75, 3.05) is 52.4 Å². The molecule has 0 N–H and O–H groups in total. The third-order valence-electron chi connectivity index (χ3n) is 5.77. The molecule has 0 atom stereocenters. The number of methoxy groups -OCH3 is 3. The van der Waals surface area contributed by atoms with E-state index in [1.165, 1.54) is 44.8 Å². The van der Waals surface area contributed by atoms with Gasteiger partial charge in [-0.3, -0.25) is 0 Å². The summed E-state index contributed by atoms with van der Waals surface area (Å²) in [5, 5.41) is 2.53. The van der Waals surface area contributed by atoms with Crippen LogP contribution in [0.15, 0.2) is 46.7 Å². The largest absolute Gasteiger partial charge is 0.493 e. The second kappa shape index (κ2) is 10.1. The third-order valence-corrected chi connectivity index (χ3v) is 8.63. The van der Waals surface area contributed by atoms with Gasteiger partial charge in [0, 0.05) is 37.1 Å². The SMILES string of the molecule is COc1cc(-c2csc(N3CCN(S(=O)(=O)c4ccccc4C(F)(F)F)CC3)n2)cc(OC)c1OC. The zero-order chi connectivity index (χ0) is 26.1. The Kier molecular flexibility index (Phi) is 7.34. The van der Waals surface area contributed by atoms with Crippen LogP contribution in [0.5, 0.6) is 17.2 Å². The number of piperazine rings is 1. The van der Waals surface area contributed by atoms with E-state index in [2.05, 4.69) is 4.98 Å². The number of benzene rings is 2. The zero-order valence-electron chi connectivity index (χ0n) is 19.7. The fourth-order valence-corrected chi connectivity index (χ4v) is 6.48. The Morgan fingerprint density at radius 2 is 1.56 bits per heavy atom. The van der Waals surface area contributed by atoms with Crippen LogP contribution < -0.4 is 19.1 Å². The molecule has 1 aromatic heterocycles. The molecule has 0 unspecified atom stereocenters. The highest BCUT2D eigenvalue weighted by Gasteiger charge is 2.39. The van der Waals surface area contributed by atoms with Crippen molar-refractivity contribution in [1.29, 1.82) is 0 Å². The molecule has 2 aromatic carbocycles. The van der Waals surface area contributed by atoms with Gasteiger partial charge in [0.25, 0.3) is 0 Å². The summed E-state index contributed by atoms with van der Waals surface area (Å²) in [7, 11) is 0.249. The molecule has 0 aliphatic carbocycles. The van der Waals surface area contributed by atoms with Crippen LogP contribution in [0.4, 0.5) is 18.3 Å². The van der Waals surface area contributed by atoms with Gasteiger partial charge < -0.3 is 19.1 Å². The number of alkyl halides is 3. The highest BCUT2D eigenvalue weighted by atomic mass is 32.2. The number of ether oxygens (including phenoxy) is 3. The number of sulfonamides is 1. The second-order valence-electron chi connectivity index (χ2n) is 7.81. The van der Waals surface area contributed by atoms with Crippen LogP contribution in [0.1, 0.15) is 5.56 Å². The molecule has 194 valence electrons. The number of anilines is 1. The van der Waals surface area contributed by atoms with Crippen LogP contribution in [-0.2, 0) is 16.2 Å². The van der Waals surface area contributed by atoms with E-state index < -0.39 is 26.7 Å². The van der Waals surface area contributed by atoms with Gasteiger partial charge in [0.1, 0.15) is 0 Å². The summed E-state index contributed by atoms with van der Waals surface area (Å²) in [4.78, 5) is 5.86. The molecule has 0 bridgehead atoms. The van der Waals surface area contributed by atoms with Crippen LogP contribution in [0.2, 0.25) is 0 Å². The number of aromatic nitrogens is 1. The maximum absolute atomic E-state index is 13.4. The Labute approximate surface area is 210 Å². The van der Waals surface area contributed by atoms with Crippen molar-refractivity contribution in [3.63, 3.8) is 0 Å². The van der Waals surface area contributed by atoms with Gasteiger partial charge in [-0.15, -0.1) is 11.3 Å². The molecule has 1 fully saturated rings. The van der Waals surface area contributed by atoms with Crippen molar-refractivity contribution >= 4 is 26.5 Å². The van der Waals surface area contributed by atoms with Gasteiger partial charge in [0.2, 0.25) is 15.8 Å². The van der Waals surface area contributed by atoms with E-state index in [0.29, 0.717) is 28.1 Å². The summed E-state index contributed by atoms with van der Waals surface area (Å²) in [5.74, 6) is 1.43. The number of thiazole rings is 1. The fraction of sp³-hybridized carbons (Fsp3) is 0.348. The molecule has 1 saturated heterocycles. The Morgan fingerprint density at radius 3 is 2.11 bits per heavy atom. The van der Waals surface area contributed by atoms with Crippen LogP contribution in [0.25, 0.3) is 11.3 Å². The van der Waals surface area contributed by atoms with Crippen LogP contribution in [0, 0.1) is 0 Å². The first-order chi connectivity index (χ1) is 17.1. The lowest BCUT2D eigenvalue weighted by Gasteiger charge is -2.34. The van der Waals surface area contributed by atoms with Crippen molar-refractivity contribution < 1.29 is 35.8 Å². The molecule has 4 rings (SSSR count). The van der Waals surface area contributed by atoms with Crippen molar-refractivity contribution in [2.24, 2.45) is 0 Å². The summed E-state index contributed by atoms with van der Waals surface area (Å²) in [5.41, 5.74) is 0.253. The maximum atomic E-state index is 13.4. The monoisotopic (exact) mass is 543 g/mol. The Bertz CT molecular complexity index is 1310. The molecule has 0 radical (unpaired) electrons. The minimum Gasteiger partial charge on any atom is -0.493 e. The highest BCUT2D eigenvalue weighted by molar-refractivity contribution is 7.89. The summed E-state index contributed by atoms with van der Waals surface area (Å²) in [6, 6.07) is 7.80. The predicted octanol–water partition coefficient (Wildman–Crippen LogP) is 4.37. The lowest BCUT2D eigenvalue weighted by Crippen LogP contribution is -2.48. The van der Waals surface area contributed by atoms with Gasteiger partial charge in [-0.25, -0.2) is 13.4 Å². The van der Waals surface area contributed by atoms with Gasteiger partial charge >= 0.3 is 6.18 Å². The second-order valence-corrected chi connectivity index (χ2v) is 10.6. The first kappa shape index (κ1) is 26.0. The molecule has 0 saturated carbocycles. The molecular weight excluding hydrogens is 519 g/mol. The minimum atomic E-state index is -4.77. The quantitative estimate of drug-likeness (QED) is 0.438. The van der Waals surface area contributed by atoms with Crippen LogP contribution in [0.3, 0.4) is 0 Å². The molecule has 13 heteroatoms. The standard InChI is InChI=1S/C23H24F3N3O5S2/c1-32-18-12-15(13-19(33-2)21(18)34-3)17-14-35-22(27-17)28-8-10-29(11-9-28)36(30,31)20-7-5-4-6-16(20)23(24,25)26/h4-7,12-14H,8-11H2,1-3H3. The van der Waals surface area contributed by atoms with Crippen LogP contribution >= 0.6 is 11.3 Å². The molecule has 1 aliphatic rings. The summed E-state index contributed by atoms with van der Waals surface area (Å²) in [6.07, 6.45) is -4.77. The molecule has 0 amide bonds. The molecule has 8 nitrogen and oxygen atoms in total. The van der Waals surface area contributed by atoms with Gasteiger partial charge in [-0.2, -0.15) is 17.5 Å². The molecule has 3 aromatic rings. The molecule has 0 spiro atoms. The Balaban J connectivity index is 1.52. The van der Waals surface area contributed by atoms with Gasteiger partial charge in [0.15, 0.2) is 16.6 Å². The fourth-order valence-electron chi connectivity index (χ4n) is 3.96. The maximum Gasteiger partial charge on any atom is 0.417 e. The first-order valence-corrected chi connectivity index (χ1v) is 13.1. The molecular formula is C23H24F3N3O5S2. The lowest BCUT2D eigenvalue weighted by molar-refractivity contribution is -0.139. The van der Waals surface area contributed by atoms with E-state index in [4.69, 9.17) is 14.2 Å². The number of hydrogen-bond acceptors (Lipinski definition) is 8. The number of halogens is 3. The van der Waals surface area contributed by atoms with Gasteiger partial charge in [-0.1, -0.05) is 12.1 Å². The third kappa shape index (κ3) is 4.95. The molecule has 1 aliphatic heterocycles. The average molecular weight is 544 g/mol. The Morgan fingerprint density at radius 1 is 0.944 bits per heavy atom. The van der Waals surface area contributed by atoms with E-state index in [9.17, 15) is 21.6 Å². The summed E-state index contributed by atoms with van der Waals surface area (Å²) in [6.45, 7) is 0.645. The number of rotatable bonds is 7. The van der Waals surface area contributed by atoms with Crippen molar-refractivity contribution in [1.82, 2.24) is 9.29 Å². The summed E-state index contributed by atoms with van der Waals surface area (Å²) >= 11 is 1.38. The van der Waals surface area contributed by atoms with Crippen molar-refractivity contribution in [3.05, 3.63) is 47.3 Å².